The summed E-state index contributed by atoms with van der Waals surface area (Å²) in [5.74, 6) is -0.356. The summed E-state index contributed by atoms with van der Waals surface area (Å²) in [5.41, 5.74) is 8.11. The third-order valence-electron chi connectivity index (χ3n) is 7.37. The van der Waals surface area contributed by atoms with Crippen LogP contribution in [0.4, 0.5) is 17.2 Å². The number of amides is 1. The van der Waals surface area contributed by atoms with Gasteiger partial charge in [0.25, 0.3) is 27.3 Å². The quantitative estimate of drug-likeness (QED) is 0.207. The number of nitrogens with zero attached hydrogens (tertiary/aromatic N) is 4. The van der Waals surface area contributed by atoms with Gasteiger partial charge in [0.05, 0.1) is 27.5 Å². The minimum absolute atomic E-state index is 0.0566. The number of pyridine rings is 1. The highest BCUT2D eigenvalue weighted by Crippen LogP contribution is 2.41. The molecule has 1 aromatic heterocycles. The van der Waals surface area contributed by atoms with Crippen molar-refractivity contribution in [1.82, 2.24) is 14.6 Å². The normalized spacial score (nSPS) is 14.3. The van der Waals surface area contributed by atoms with Gasteiger partial charge in [0, 0.05) is 31.4 Å². The lowest BCUT2D eigenvalue weighted by molar-refractivity contribution is -0.396. The van der Waals surface area contributed by atoms with Crippen molar-refractivity contribution in [2.75, 3.05) is 12.8 Å². The molecule has 43 heavy (non-hydrogen) atoms. The van der Waals surface area contributed by atoms with E-state index in [1.807, 2.05) is 18.2 Å². The predicted molar refractivity (Wildman–Crippen MR) is 157 cm³/mol. The highest BCUT2D eigenvalue weighted by molar-refractivity contribution is 7.89. The minimum Gasteiger partial charge on any atom is -0.383 e. The number of carbonyl (C=O) groups is 1. The zero-order valence-electron chi connectivity index (χ0n) is 22.8. The third kappa shape index (κ3) is 5.65. The summed E-state index contributed by atoms with van der Waals surface area (Å²) in [7, 11) is -3.09. The number of nitrogens with one attached hydrogen (secondary N) is 1. The van der Waals surface area contributed by atoms with Crippen LogP contribution in [0.25, 0.3) is 11.1 Å². The highest BCUT2D eigenvalue weighted by Gasteiger charge is 2.40. The maximum absolute atomic E-state index is 14.3. The van der Waals surface area contributed by atoms with Crippen LogP contribution in [0, 0.1) is 20.2 Å². The van der Waals surface area contributed by atoms with E-state index in [0.717, 1.165) is 23.3 Å². The molecule has 0 saturated heterocycles. The zero-order valence-corrected chi connectivity index (χ0v) is 23.7. The van der Waals surface area contributed by atoms with Gasteiger partial charge in [-0.05, 0) is 53.3 Å². The monoisotopic (exact) mass is 602 g/mol. The number of nitro groups is 2. The van der Waals surface area contributed by atoms with Crippen LogP contribution >= 0.6 is 0 Å². The molecule has 1 aliphatic carbocycles. The van der Waals surface area contributed by atoms with Crippen molar-refractivity contribution in [1.29, 1.82) is 0 Å². The van der Waals surface area contributed by atoms with Crippen molar-refractivity contribution < 1.29 is 23.1 Å². The molecular formula is C29H26N6O7S. The number of nitrogen functional groups attached to an aromatic ring is 1. The maximum atomic E-state index is 14.3. The van der Waals surface area contributed by atoms with E-state index in [2.05, 4.69) is 10.3 Å². The van der Waals surface area contributed by atoms with E-state index < -0.39 is 48.1 Å². The number of nitrogens with two attached hydrogens (primary N) is 1. The number of aryl methyl sites for hydroxylation is 1. The number of nitro benzene ring substituents is 2. The van der Waals surface area contributed by atoms with E-state index in [-0.39, 0.29) is 17.9 Å². The smallest absolute Gasteiger partial charge is 0.296 e. The van der Waals surface area contributed by atoms with Crippen molar-refractivity contribution in [3.8, 4) is 11.1 Å². The van der Waals surface area contributed by atoms with Gasteiger partial charge in [0.1, 0.15) is 5.82 Å². The largest absolute Gasteiger partial charge is 0.383 e. The lowest BCUT2D eigenvalue weighted by Gasteiger charge is -2.29. The van der Waals surface area contributed by atoms with Gasteiger partial charge in [0.2, 0.25) is 0 Å². The number of benzene rings is 3. The van der Waals surface area contributed by atoms with E-state index in [9.17, 15) is 33.4 Å². The number of aromatic nitrogens is 1. The second kappa shape index (κ2) is 11.6. The number of hydrogen-bond acceptors (Lipinski definition) is 9. The molecule has 4 aromatic rings. The second-order valence-corrected chi connectivity index (χ2v) is 11.8. The maximum Gasteiger partial charge on any atom is 0.296 e. The van der Waals surface area contributed by atoms with Gasteiger partial charge < -0.3 is 11.1 Å². The summed E-state index contributed by atoms with van der Waals surface area (Å²) in [6, 6.07) is 17.8. The van der Waals surface area contributed by atoms with Gasteiger partial charge in [-0.1, -0.05) is 42.5 Å². The van der Waals surface area contributed by atoms with Gasteiger partial charge in [-0.2, -0.15) is 4.31 Å². The van der Waals surface area contributed by atoms with Crippen molar-refractivity contribution in [2.24, 2.45) is 0 Å². The molecule has 0 radical (unpaired) electrons. The molecule has 0 saturated carbocycles. The number of fused-ring (bicyclic) bond motifs is 1. The van der Waals surface area contributed by atoms with E-state index >= 15 is 0 Å². The topological polar surface area (TPSA) is 192 Å². The first-order valence-electron chi connectivity index (χ1n) is 13.1. The number of sulfonamides is 1. The van der Waals surface area contributed by atoms with Crippen molar-refractivity contribution in [3.05, 3.63) is 121 Å². The average Bonchev–Trinajstić information content (AvgIpc) is 3.43. The molecular weight excluding hydrogens is 576 g/mol. The number of rotatable bonds is 9. The Balaban J connectivity index is 1.61. The van der Waals surface area contributed by atoms with Crippen molar-refractivity contribution in [2.45, 2.75) is 30.3 Å². The van der Waals surface area contributed by atoms with Crippen molar-refractivity contribution >= 4 is 33.1 Å². The lowest BCUT2D eigenvalue weighted by atomic mass is 10.0. The molecule has 0 spiro atoms. The Morgan fingerprint density at radius 2 is 1.79 bits per heavy atom. The summed E-state index contributed by atoms with van der Waals surface area (Å²) < 4.78 is 29.7. The van der Waals surface area contributed by atoms with E-state index in [0.29, 0.717) is 35.6 Å². The molecule has 1 amide bonds. The molecule has 3 aromatic carbocycles. The standard InChI is InChI=1S/C29H26N6O7S/c1-31-29(36)24-14-21(16-32-28(24)30)20-7-4-5-18(13-20)17-33(25-11-9-19-6-2-3-8-23(19)25)43(41,42)27-12-10-22(34(37)38)15-26(27)35(39)40/h2-8,10,12-16,25H,9,11,17H2,1H3,(H2,30,32)(H,31,36)/t25-/m0/s1. The van der Waals surface area contributed by atoms with E-state index in [1.165, 1.54) is 17.5 Å². The second-order valence-electron chi connectivity index (χ2n) is 9.91. The minimum atomic E-state index is -4.56. The first-order chi connectivity index (χ1) is 20.5. The summed E-state index contributed by atoms with van der Waals surface area (Å²) in [6.45, 7) is -0.159. The first-order valence-corrected chi connectivity index (χ1v) is 14.5. The van der Waals surface area contributed by atoms with Crippen LogP contribution < -0.4 is 11.1 Å². The SMILES string of the molecule is CNC(=O)c1cc(-c2cccc(CN([C@H]3CCc4ccccc43)S(=O)(=O)c3ccc([N+](=O)[O-])cc3[N+](=O)[O-])c2)cnc1N. The Bertz CT molecular complexity index is 1880. The van der Waals surface area contributed by atoms with Crippen LogP contribution in [0.3, 0.4) is 0 Å². The van der Waals surface area contributed by atoms with Crippen LogP contribution in [0.5, 0.6) is 0 Å². The van der Waals surface area contributed by atoms with Crippen LogP contribution in [0.15, 0.2) is 83.9 Å². The Hall–Kier alpha value is -5.21. The van der Waals surface area contributed by atoms with Gasteiger partial charge in [-0.3, -0.25) is 25.0 Å². The van der Waals surface area contributed by atoms with Crippen LogP contribution in [0.2, 0.25) is 0 Å². The number of non-ortho nitro benzene ring substituents is 1. The zero-order chi connectivity index (χ0) is 30.9. The lowest BCUT2D eigenvalue weighted by Crippen LogP contribution is -2.34. The third-order valence-corrected chi connectivity index (χ3v) is 9.28. The fourth-order valence-corrected chi connectivity index (χ4v) is 7.05. The van der Waals surface area contributed by atoms with Gasteiger partial charge >= 0.3 is 0 Å². The molecule has 1 heterocycles. The molecule has 0 aliphatic heterocycles. The predicted octanol–water partition coefficient (Wildman–Crippen LogP) is 4.39. The molecule has 3 N–H and O–H groups in total. The summed E-state index contributed by atoms with van der Waals surface area (Å²) in [4.78, 5) is 37.2. The Morgan fingerprint density at radius 3 is 2.51 bits per heavy atom. The Kier molecular flexibility index (Phi) is 7.89. The molecule has 0 unspecified atom stereocenters. The van der Waals surface area contributed by atoms with E-state index in [1.54, 1.807) is 36.4 Å². The molecule has 13 nitrogen and oxygen atoms in total. The average molecular weight is 603 g/mol. The van der Waals surface area contributed by atoms with E-state index in [4.69, 9.17) is 5.73 Å². The highest BCUT2D eigenvalue weighted by atomic mass is 32.2. The first kappa shape index (κ1) is 29.3. The molecule has 1 aliphatic rings. The molecule has 0 bridgehead atoms. The molecule has 0 fully saturated rings. The number of anilines is 1. The molecule has 1 atom stereocenters. The summed E-state index contributed by atoms with van der Waals surface area (Å²) >= 11 is 0. The Labute approximate surface area is 246 Å². The van der Waals surface area contributed by atoms with Crippen LogP contribution in [-0.4, -0.2) is 40.5 Å². The van der Waals surface area contributed by atoms with Gasteiger partial charge in [0.15, 0.2) is 4.90 Å². The van der Waals surface area contributed by atoms with Crippen molar-refractivity contribution in [3.63, 3.8) is 0 Å². The number of carbonyl (C=O) groups excluding carboxylic acids is 1. The fraction of sp³-hybridized carbons (Fsp3) is 0.172. The molecule has 5 rings (SSSR count). The van der Waals surface area contributed by atoms with Crippen LogP contribution in [-0.2, 0) is 23.0 Å². The number of hydrogen-bond donors (Lipinski definition) is 2. The Morgan fingerprint density at radius 1 is 1.02 bits per heavy atom. The van der Waals surface area contributed by atoms with Gasteiger partial charge in [-0.25, -0.2) is 13.4 Å². The molecule has 14 heteroatoms. The van der Waals surface area contributed by atoms with Crippen LogP contribution in [0.1, 0.15) is 39.5 Å². The summed E-state index contributed by atoms with van der Waals surface area (Å²) in [5, 5.41) is 25.7. The summed E-state index contributed by atoms with van der Waals surface area (Å²) in [6.07, 6.45) is 2.55. The fourth-order valence-electron chi connectivity index (χ4n) is 5.28. The van der Waals surface area contributed by atoms with Gasteiger partial charge in [-0.15, -0.1) is 0 Å². The molecule has 220 valence electrons.